The summed E-state index contributed by atoms with van der Waals surface area (Å²) in [4.78, 5) is 10.3. The highest BCUT2D eigenvalue weighted by Gasteiger charge is 1.97. The lowest BCUT2D eigenvalue weighted by Gasteiger charge is -2.03. The predicted octanol–water partition coefficient (Wildman–Crippen LogP) is 6.31. The molecule has 0 aromatic heterocycles. The number of unbranched alkanes of at least 4 members (excludes halogenated alkanes) is 14. The lowest BCUT2D eigenvalue weighted by Crippen LogP contribution is -1.93. The summed E-state index contributed by atoms with van der Waals surface area (Å²) in [5, 5.41) is 8.52. The molecule has 0 aliphatic rings. The fourth-order valence-corrected chi connectivity index (χ4v) is 2.65. The zero-order chi connectivity index (χ0) is 16.9. The molecule has 3 heteroatoms. The van der Waals surface area contributed by atoms with Crippen LogP contribution in [0.2, 0.25) is 0 Å². The second-order valence-electron chi connectivity index (χ2n) is 6.09. The van der Waals surface area contributed by atoms with E-state index in [4.69, 9.17) is 5.11 Å². The first-order valence-electron chi connectivity index (χ1n) is 9.49. The predicted molar refractivity (Wildman–Crippen MR) is 102 cm³/mol. The molecular weight excluding hydrogens is 288 g/mol. The van der Waals surface area contributed by atoms with E-state index in [1.165, 1.54) is 83.5 Å². The Kier molecular flexibility index (Phi) is 30.7. The van der Waals surface area contributed by atoms with Gasteiger partial charge in [-0.15, -0.1) is 13.2 Å². The zero-order valence-corrected chi connectivity index (χ0v) is 15.6. The lowest BCUT2D eigenvalue weighted by atomic mass is 10.0. The van der Waals surface area contributed by atoms with Crippen molar-refractivity contribution in [2.45, 2.75) is 110 Å². The monoisotopic (exact) mass is 330 g/mol. The Morgan fingerprint density at radius 3 is 1.17 bits per heavy atom. The molecule has 0 saturated heterocycles. The summed E-state index contributed by atoms with van der Waals surface area (Å²) in [5.74, 6) is -0.653. The Morgan fingerprint density at radius 2 is 0.913 bits per heavy atom. The quantitative estimate of drug-likeness (QED) is 0.266. The summed E-state index contributed by atoms with van der Waals surface area (Å²) < 4.78 is 0. The van der Waals surface area contributed by atoms with Gasteiger partial charge in [0, 0.05) is 6.42 Å². The molecule has 0 rings (SSSR count). The molecule has 140 valence electrons. The molecule has 3 N–H and O–H groups in total. The smallest absolute Gasteiger partial charge is 0.303 e. The summed E-state index contributed by atoms with van der Waals surface area (Å²) in [5.41, 5.74) is 0. The third-order valence-corrected chi connectivity index (χ3v) is 3.99. The minimum Gasteiger partial charge on any atom is -0.481 e. The van der Waals surface area contributed by atoms with Crippen LogP contribution < -0.4 is 0 Å². The Labute approximate surface area is 144 Å². The molecule has 0 atom stereocenters. The third-order valence-electron chi connectivity index (χ3n) is 3.99. The van der Waals surface area contributed by atoms with Gasteiger partial charge < -0.3 is 10.6 Å². The van der Waals surface area contributed by atoms with E-state index < -0.39 is 5.97 Å². The standard InChI is InChI=1S/C18H36O2.C2H4.H2O/c1-2-3-4-5-6-7-8-9-10-11-12-13-14-15-16-17-18(19)20;1-2;/h2-17H2,1H3,(H,19,20);1-2H2;1H2. The van der Waals surface area contributed by atoms with Gasteiger partial charge >= 0.3 is 5.97 Å². The molecule has 0 bridgehead atoms. The molecule has 0 radical (unpaired) electrons. The van der Waals surface area contributed by atoms with E-state index in [1.54, 1.807) is 0 Å². The number of aliphatic carboxylic acids is 1. The molecule has 3 nitrogen and oxygen atoms in total. The largest absolute Gasteiger partial charge is 0.481 e. The van der Waals surface area contributed by atoms with E-state index in [1.807, 2.05) is 0 Å². The van der Waals surface area contributed by atoms with Crippen LogP contribution in [0.5, 0.6) is 0 Å². The van der Waals surface area contributed by atoms with Crippen molar-refractivity contribution >= 4 is 5.97 Å². The van der Waals surface area contributed by atoms with Crippen LogP contribution in [-0.2, 0) is 4.79 Å². The van der Waals surface area contributed by atoms with Gasteiger partial charge in [-0.3, -0.25) is 4.79 Å². The van der Waals surface area contributed by atoms with Crippen molar-refractivity contribution in [1.82, 2.24) is 0 Å². The van der Waals surface area contributed by atoms with Crippen LogP contribution in [0.25, 0.3) is 0 Å². The fraction of sp³-hybridized carbons (Fsp3) is 0.850. The normalized spacial score (nSPS) is 9.61. The molecule has 0 heterocycles. The van der Waals surface area contributed by atoms with Crippen LogP contribution in [0.3, 0.4) is 0 Å². The van der Waals surface area contributed by atoms with E-state index in [2.05, 4.69) is 20.1 Å². The lowest BCUT2D eigenvalue weighted by molar-refractivity contribution is -0.137. The van der Waals surface area contributed by atoms with Crippen molar-refractivity contribution in [1.29, 1.82) is 0 Å². The Bertz CT molecular complexity index is 217. The summed E-state index contributed by atoms with van der Waals surface area (Å²) in [6.45, 7) is 8.27. The molecular formula is C20H42O3. The van der Waals surface area contributed by atoms with Crippen LogP contribution in [0.1, 0.15) is 110 Å². The molecule has 0 amide bonds. The van der Waals surface area contributed by atoms with Gasteiger partial charge in [0.05, 0.1) is 0 Å². The molecule has 0 aromatic carbocycles. The summed E-state index contributed by atoms with van der Waals surface area (Å²) in [7, 11) is 0. The van der Waals surface area contributed by atoms with Crippen molar-refractivity contribution in [2.75, 3.05) is 0 Å². The second-order valence-corrected chi connectivity index (χ2v) is 6.09. The molecule has 0 aliphatic carbocycles. The van der Waals surface area contributed by atoms with Crippen molar-refractivity contribution in [2.24, 2.45) is 0 Å². The number of rotatable bonds is 16. The van der Waals surface area contributed by atoms with E-state index in [-0.39, 0.29) is 5.48 Å². The summed E-state index contributed by atoms with van der Waals surface area (Å²) >= 11 is 0. The summed E-state index contributed by atoms with van der Waals surface area (Å²) in [6.07, 6.45) is 20.2. The first-order valence-corrected chi connectivity index (χ1v) is 9.49. The van der Waals surface area contributed by atoms with E-state index >= 15 is 0 Å². The van der Waals surface area contributed by atoms with Crippen LogP contribution in [-0.4, -0.2) is 16.6 Å². The first kappa shape index (κ1) is 27.0. The van der Waals surface area contributed by atoms with Gasteiger partial charge in [-0.05, 0) is 6.42 Å². The molecule has 0 aliphatic heterocycles. The minimum absolute atomic E-state index is 0. The Morgan fingerprint density at radius 1 is 0.652 bits per heavy atom. The van der Waals surface area contributed by atoms with Crippen molar-refractivity contribution in [3.8, 4) is 0 Å². The number of carbonyl (C=O) groups is 1. The zero-order valence-electron chi connectivity index (χ0n) is 15.6. The third kappa shape index (κ3) is 29.8. The minimum atomic E-state index is -0.653. The van der Waals surface area contributed by atoms with Crippen molar-refractivity contribution < 1.29 is 15.4 Å². The van der Waals surface area contributed by atoms with E-state index in [0.29, 0.717) is 6.42 Å². The highest BCUT2D eigenvalue weighted by molar-refractivity contribution is 5.66. The maximum Gasteiger partial charge on any atom is 0.303 e. The van der Waals surface area contributed by atoms with Gasteiger partial charge in [-0.1, -0.05) is 96.8 Å². The van der Waals surface area contributed by atoms with E-state index in [9.17, 15) is 4.79 Å². The summed E-state index contributed by atoms with van der Waals surface area (Å²) in [6, 6.07) is 0. The van der Waals surface area contributed by atoms with Crippen molar-refractivity contribution in [3.63, 3.8) is 0 Å². The highest BCUT2D eigenvalue weighted by Crippen LogP contribution is 2.13. The highest BCUT2D eigenvalue weighted by atomic mass is 16.4. The topological polar surface area (TPSA) is 68.8 Å². The van der Waals surface area contributed by atoms with Crippen LogP contribution in [0, 0.1) is 0 Å². The van der Waals surface area contributed by atoms with Crippen molar-refractivity contribution in [3.05, 3.63) is 13.2 Å². The van der Waals surface area contributed by atoms with Gasteiger partial charge in [-0.25, -0.2) is 0 Å². The number of hydrogen-bond donors (Lipinski definition) is 1. The fourth-order valence-electron chi connectivity index (χ4n) is 2.65. The maximum atomic E-state index is 10.3. The average Bonchev–Trinajstić information content (AvgIpc) is 2.53. The Hall–Kier alpha value is -0.830. The molecule has 0 unspecified atom stereocenters. The molecule has 0 saturated carbocycles. The average molecular weight is 331 g/mol. The molecule has 0 fully saturated rings. The SMILES string of the molecule is C=C.CCCCCCCCCCCCCCCCCC(=O)O.O. The van der Waals surface area contributed by atoms with Gasteiger partial charge in [0.25, 0.3) is 0 Å². The maximum absolute atomic E-state index is 10.3. The molecule has 0 spiro atoms. The van der Waals surface area contributed by atoms with Gasteiger partial charge in [0.1, 0.15) is 0 Å². The second kappa shape index (κ2) is 26.1. The number of carboxylic acids is 1. The molecule has 23 heavy (non-hydrogen) atoms. The van der Waals surface area contributed by atoms with Crippen LogP contribution in [0.15, 0.2) is 13.2 Å². The van der Waals surface area contributed by atoms with Gasteiger partial charge in [-0.2, -0.15) is 0 Å². The van der Waals surface area contributed by atoms with E-state index in [0.717, 1.165) is 12.8 Å². The number of carboxylic acid groups (broad SMARTS) is 1. The van der Waals surface area contributed by atoms with Crippen LogP contribution in [0.4, 0.5) is 0 Å². The Balaban J connectivity index is -0.00000128. The van der Waals surface area contributed by atoms with Gasteiger partial charge in [0.15, 0.2) is 0 Å². The first-order chi connectivity index (χ1) is 10.8. The number of hydrogen-bond acceptors (Lipinski definition) is 1. The van der Waals surface area contributed by atoms with Crippen LogP contribution >= 0.6 is 0 Å². The molecule has 0 aromatic rings. The van der Waals surface area contributed by atoms with Gasteiger partial charge in [0.2, 0.25) is 0 Å².